The lowest BCUT2D eigenvalue weighted by atomic mass is 9.98. The number of rotatable bonds is 10. The maximum atomic E-state index is 12.8. The summed E-state index contributed by atoms with van der Waals surface area (Å²) in [6.45, 7) is 4.38. The molecule has 2 aliphatic rings. The van der Waals surface area contributed by atoms with Gasteiger partial charge in [0.2, 0.25) is 22.8 Å². The minimum Gasteiger partial charge on any atom is -0.447 e. The van der Waals surface area contributed by atoms with Gasteiger partial charge in [0, 0.05) is 25.9 Å². The van der Waals surface area contributed by atoms with Crippen molar-refractivity contribution in [2.24, 2.45) is 11.8 Å². The third-order valence-electron chi connectivity index (χ3n) is 5.65. The quantitative estimate of drug-likeness (QED) is 0.348. The SMILES string of the molecule is CC(C)C[C@H](NC(=O)OC[C@H]1CCC(=O)N1C)C(=O)N[C@@H](C[C@@H]1CCNC1=O)C(=O)S. The minimum absolute atomic E-state index is 0.00415. The number of nitrogens with one attached hydrogen (secondary N) is 3. The van der Waals surface area contributed by atoms with E-state index in [9.17, 15) is 24.0 Å². The first-order valence-corrected chi connectivity index (χ1v) is 11.0. The van der Waals surface area contributed by atoms with E-state index in [0.29, 0.717) is 32.2 Å². The lowest BCUT2D eigenvalue weighted by Crippen LogP contribution is -2.52. The molecule has 10 nitrogen and oxygen atoms in total. The summed E-state index contributed by atoms with van der Waals surface area (Å²) in [5.74, 6) is -0.965. The maximum absolute atomic E-state index is 12.8. The van der Waals surface area contributed by atoms with Crippen LogP contribution in [0.1, 0.15) is 46.0 Å². The van der Waals surface area contributed by atoms with E-state index in [4.69, 9.17) is 4.74 Å². The van der Waals surface area contributed by atoms with E-state index in [1.54, 1.807) is 11.9 Å². The van der Waals surface area contributed by atoms with Crippen molar-refractivity contribution in [1.29, 1.82) is 0 Å². The van der Waals surface area contributed by atoms with Crippen LogP contribution in [0.15, 0.2) is 0 Å². The van der Waals surface area contributed by atoms with Crippen LogP contribution in [-0.4, -0.2) is 72.2 Å². The van der Waals surface area contributed by atoms with Gasteiger partial charge in [-0.15, -0.1) is 12.6 Å². The van der Waals surface area contributed by atoms with Gasteiger partial charge in [-0.3, -0.25) is 19.2 Å². The van der Waals surface area contributed by atoms with Crippen LogP contribution in [0.4, 0.5) is 4.79 Å². The summed E-state index contributed by atoms with van der Waals surface area (Å²) in [5, 5.41) is 7.32. The number of nitrogens with zero attached hydrogens (tertiary/aromatic N) is 1. The van der Waals surface area contributed by atoms with Crippen molar-refractivity contribution in [3.63, 3.8) is 0 Å². The van der Waals surface area contributed by atoms with Gasteiger partial charge in [-0.2, -0.15) is 0 Å². The second-order valence-corrected chi connectivity index (χ2v) is 8.97. The Morgan fingerprint density at radius 2 is 1.90 bits per heavy atom. The zero-order valence-corrected chi connectivity index (χ0v) is 19.1. The molecule has 0 aromatic carbocycles. The van der Waals surface area contributed by atoms with Crippen molar-refractivity contribution in [2.75, 3.05) is 20.2 Å². The van der Waals surface area contributed by atoms with Crippen molar-refractivity contribution in [3.8, 4) is 0 Å². The van der Waals surface area contributed by atoms with Crippen molar-refractivity contribution in [2.45, 2.75) is 64.1 Å². The zero-order valence-electron chi connectivity index (χ0n) is 18.2. The minimum atomic E-state index is -0.935. The van der Waals surface area contributed by atoms with Crippen LogP contribution in [0.3, 0.4) is 0 Å². The highest BCUT2D eigenvalue weighted by atomic mass is 32.1. The second kappa shape index (κ2) is 11.4. The molecule has 0 spiro atoms. The fourth-order valence-corrected chi connectivity index (χ4v) is 3.94. The number of thiol groups is 1. The first-order valence-electron chi connectivity index (χ1n) is 10.6. The Labute approximate surface area is 187 Å². The molecule has 0 aromatic rings. The Hall–Kier alpha value is -2.30. The second-order valence-electron chi connectivity index (χ2n) is 8.53. The van der Waals surface area contributed by atoms with Crippen LogP contribution < -0.4 is 16.0 Å². The van der Waals surface area contributed by atoms with Gasteiger partial charge < -0.3 is 25.6 Å². The van der Waals surface area contributed by atoms with Crippen LogP contribution in [0.2, 0.25) is 0 Å². The van der Waals surface area contributed by atoms with Crippen LogP contribution in [0, 0.1) is 11.8 Å². The van der Waals surface area contributed by atoms with Crippen molar-refractivity contribution in [1.82, 2.24) is 20.9 Å². The predicted molar refractivity (Wildman–Crippen MR) is 115 cm³/mol. The van der Waals surface area contributed by atoms with E-state index in [2.05, 4.69) is 28.6 Å². The van der Waals surface area contributed by atoms with Crippen molar-refractivity contribution in [3.05, 3.63) is 0 Å². The van der Waals surface area contributed by atoms with E-state index in [-0.39, 0.29) is 42.7 Å². The summed E-state index contributed by atoms with van der Waals surface area (Å²) in [5.41, 5.74) is 0. The molecule has 0 radical (unpaired) electrons. The number of amides is 4. The fraction of sp³-hybridized carbons (Fsp3) is 0.750. The van der Waals surface area contributed by atoms with E-state index in [0.717, 1.165) is 0 Å². The Morgan fingerprint density at radius 3 is 2.42 bits per heavy atom. The molecule has 4 atom stereocenters. The monoisotopic (exact) mass is 456 g/mol. The molecule has 0 bridgehead atoms. The number of carbonyl (C=O) groups is 5. The van der Waals surface area contributed by atoms with Gasteiger partial charge >= 0.3 is 6.09 Å². The molecule has 0 unspecified atom stereocenters. The number of carbonyl (C=O) groups excluding carboxylic acids is 5. The van der Waals surface area contributed by atoms with Gasteiger partial charge in [0.1, 0.15) is 12.6 Å². The summed E-state index contributed by atoms with van der Waals surface area (Å²) in [7, 11) is 1.66. The molecule has 2 saturated heterocycles. The summed E-state index contributed by atoms with van der Waals surface area (Å²) in [6.07, 6.45) is 1.34. The van der Waals surface area contributed by atoms with Gasteiger partial charge in [-0.05, 0) is 31.6 Å². The van der Waals surface area contributed by atoms with Crippen LogP contribution >= 0.6 is 12.6 Å². The fourth-order valence-electron chi connectivity index (χ4n) is 3.77. The van der Waals surface area contributed by atoms with Gasteiger partial charge in [0.05, 0.1) is 12.1 Å². The average molecular weight is 457 g/mol. The molecule has 0 aromatic heterocycles. The highest BCUT2D eigenvalue weighted by molar-refractivity contribution is 7.96. The Kier molecular flexibility index (Phi) is 9.15. The molecule has 2 aliphatic heterocycles. The predicted octanol–water partition coefficient (Wildman–Crippen LogP) is 0.216. The Morgan fingerprint density at radius 1 is 1.19 bits per heavy atom. The first kappa shape index (κ1) is 25.0. The number of ether oxygens (including phenoxy) is 1. The zero-order chi connectivity index (χ0) is 23.1. The molecule has 11 heteroatoms. The third-order valence-corrected chi connectivity index (χ3v) is 5.96. The normalized spacial score (nSPS) is 22.8. The van der Waals surface area contributed by atoms with E-state index in [1.165, 1.54) is 0 Å². The summed E-state index contributed by atoms with van der Waals surface area (Å²) < 4.78 is 5.22. The molecule has 0 saturated carbocycles. The highest BCUT2D eigenvalue weighted by Crippen LogP contribution is 2.18. The largest absolute Gasteiger partial charge is 0.447 e. The van der Waals surface area contributed by atoms with Gasteiger partial charge in [-0.1, -0.05) is 13.8 Å². The van der Waals surface area contributed by atoms with Crippen molar-refractivity contribution < 1.29 is 28.7 Å². The third kappa shape index (κ3) is 7.41. The average Bonchev–Trinajstić information content (AvgIpc) is 3.24. The van der Waals surface area contributed by atoms with Crippen LogP contribution in [0.25, 0.3) is 0 Å². The Bertz CT molecular complexity index is 716. The molecule has 2 heterocycles. The summed E-state index contributed by atoms with van der Waals surface area (Å²) in [4.78, 5) is 61.9. The smallest absolute Gasteiger partial charge is 0.407 e. The standard InChI is InChI=1S/C20H32N4O6S/c1-11(2)8-14(23-20(29)30-10-13-4-5-16(25)24(13)3)18(27)22-15(19(28)31)9-12-6-7-21-17(12)26/h11-15H,4-10H2,1-3H3,(H,21,26)(H,22,27)(H,23,29)(H,28,31)/t12-,13+,14-,15-/m0/s1. The lowest BCUT2D eigenvalue weighted by Gasteiger charge is -2.24. The number of hydrogen-bond acceptors (Lipinski definition) is 6. The molecule has 174 valence electrons. The molecular weight excluding hydrogens is 424 g/mol. The van der Waals surface area contributed by atoms with E-state index in [1.807, 2.05) is 13.8 Å². The highest BCUT2D eigenvalue weighted by Gasteiger charge is 2.33. The van der Waals surface area contributed by atoms with E-state index >= 15 is 0 Å². The molecular formula is C20H32N4O6S. The lowest BCUT2D eigenvalue weighted by molar-refractivity contribution is -0.128. The summed E-state index contributed by atoms with van der Waals surface area (Å²) in [6, 6.07) is -2.03. The molecule has 31 heavy (non-hydrogen) atoms. The number of alkyl carbamates (subject to hydrolysis) is 1. The summed E-state index contributed by atoms with van der Waals surface area (Å²) >= 11 is 3.85. The molecule has 2 rings (SSSR count). The Balaban J connectivity index is 1.93. The van der Waals surface area contributed by atoms with Crippen LogP contribution in [0.5, 0.6) is 0 Å². The molecule has 3 N–H and O–H groups in total. The van der Waals surface area contributed by atoms with Crippen LogP contribution in [-0.2, 0) is 23.9 Å². The van der Waals surface area contributed by atoms with Gasteiger partial charge in [-0.25, -0.2) is 4.79 Å². The van der Waals surface area contributed by atoms with Crippen molar-refractivity contribution >= 4 is 41.6 Å². The number of hydrogen-bond donors (Lipinski definition) is 4. The van der Waals surface area contributed by atoms with E-state index < -0.39 is 29.2 Å². The number of likely N-dealkylation sites (tertiary alicyclic amines) is 1. The molecule has 0 aliphatic carbocycles. The number of likely N-dealkylation sites (N-methyl/N-ethyl adjacent to an activating group) is 1. The molecule has 2 fully saturated rings. The first-order chi connectivity index (χ1) is 14.6. The molecule has 4 amide bonds. The topological polar surface area (TPSA) is 134 Å². The van der Waals surface area contributed by atoms with Gasteiger partial charge in [0.25, 0.3) is 0 Å². The van der Waals surface area contributed by atoms with Gasteiger partial charge in [0.15, 0.2) is 0 Å². The maximum Gasteiger partial charge on any atom is 0.407 e.